The van der Waals surface area contributed by atoms with Gasteiger partial charge in [-0.1, -0.05) is 30.3 Å². The normalized spacial score (nSPS) is 11.9. The minimum Gasteiger partial charge on any atom is -0.446 e. The SMILES string of the molecule is Cc1cc(-c2ncccc2-c2ccc3c(cnn3C(=O)OC[C@@H](N)Cc3c[nH]c4ccccc34)c2)ccc1F.S. The van der Waals surface area contributed by atoms with Gasteiger partial charge in [0.05, 0.1) is 17.4 Å². The summed E-state index contributed by atoms with van der Waals surface area (Å²) in [6.07, 6.45) is 5.27. The van der Waals surface area contributed by atoms with E-state index in [1.807, 2.05) is 60.8 Å². The molecule has 0 bridgehead atoms. The number of aromatic nitrogens is 4. The first-order valence-electron chi connectivity index (χ1n) is 12.7. The molecule has 0 aliphatic carbocycles. The Balaban J connectivity index is 0.00000323. The first-order chi connectivity index (χ1) is 19.0. The summed E-state index contributed by atoms with van der Waals surface area (Å²) in [5.74, 6) is -0.254. The highest BCUT2D eigenvalue weighted by Crippen LogP contribution is 2.33. The van der Waals surface area contributed by atoms with Gasteiger partial charge in [-0.25, -0.2) is 9.18 Å². The van der Waals surface area contributed by atoms with E-state index in [1.165, 1.54) is 10.7 Å². The molecule has 0 aliphatic rings. The summed E-state index contributed by atoms with van der Waals surface area (Å²) in [7, 11) is 0. The molecule has 6 rings (SSSR count). The highest BCUT2D eigenvalue weighted by atomic mass is 32.1. The highest BCUT2D eigenvalue weighted by Gasteiger charge is 2.17. The van der Waals surface area contributed by atoms with E-state index in [2.05, 4.69) is 15.1 Å². The molecule has 3 N–H and O–H groups in total. The third-order valence-corrected chi connectivity index (χ3v) is 6.87. The Bertz CT molecular complexity index is 1830. The summed E-state index contributed by atoms with van der Waals surface area (Å²) < 4.78 is 20.6. The molecule has 3 heterocycles. The van der Waals surface area contributed by atoms with Crippen molar-refractivity contribution in [1.29, 1.82) is 0 Å². The number of carbonyl (C=O) groups is 1. The Morgan fingerprint density at radius 1 is 1.07 bits per heavy atom. The summed E-state index contributed by atoms with van der Waals surface area (Å²) >= 11 is 0. The molecule has 0 fully saturated rings. The number of H-pyrrole nitrogens is 1. The molecule has 9 heteroatoms. The average Bonchev–Trinajstić information content (AvgIpc) is 3.57. The second-order valence-corrected chi connectivity index (χ2v) is 9.59. The van der Waals surface area contributed by atoms with Gasteiger partial charge >= 0.3 is 6.09 Å². The van der Waals surface area contributed by atoms with Crippen LogP contribution in [0.2, 0.25) is 0 Å². The van der Waals surface area contributed by atoms with Gasteiger partial charge in [-0.15, -0.1) is 0 Å². The number of rotatable bonds is 6. The Hall–Kier alpha value is -4.47. The minimum absolute atomic E-state index is 0. The number of nitrogens with one attached hydrogen (secondary N) is 1. The second kappa shape index (κ2) is 11.3. The van der Waals surface area contributed by atoms with Crippen LogP contribution in [0, 0.1) is 12.7 Å². The van der Waals surface area contributed by atoms with Crippen LogP contribution < -0.4 is 5.73 Å². The lowest BCUT2D eigenvalue weighted by Crippen LogP contribution is -2.31. The molecule has 0 unspecified atom stereocenters. The van der Waals surface area contributed by atoms with Gasteiger partial charge in [0.1, 0.15) is 12.4 Å². The topological polar surface area (TPSA) is 98.8 Å². The maximum Gasteiger partial charge on any atom is 0.435 e. The largest absolute Gasteiger partial charge is 0.446 e. The number of fused-ring (bicyclic) bond motifs is 2. The number of hydrogen-bond donors (Lipinski definition) is 2. The number of pyridine rings is 1. The van der Waals surface area contributed by atoms with Crippen LogP contribution in [0.25, 0.3) is 44.2 Å². The van der Waals surface area contributed by atoms with E-state index in [4.69, 9.17) is 10.5 Å². The van der Waals surface area contributed by atoms with Crippen molar-refractivity contribution in [3.8, 4) is 22.4 Å². The van der Waals surface area contributed by atoms with Crippen molar-refractivity contribution in [1.82, 2.24) is 19.7 Å². The van der Waals surface area contributed by atoms with Crippen LogP contribution in [-0.4, -0.2) is 38.5 Å². The zero-order chi connectivity index (χ0) is 26.9. The number of hydrogen-bond acceptors (Lipinski definition) is 5. The smallest absolute Gasteiger partial charge is 0.435 e. The lowest BCUT2D eigenvalue weighted by Gasteiger charge is -2.12. The van der Waals surface area contributed by atoms with Gasteiger partial charge in [0, 0.05) is 45.9 Å². The highest BCUT2D eigenvalue weighted by molar-refractivity contribution is 7.59. The van der Waals surface area contributed by atoms with E-state index in [9.17, 15) is 9.18 Å². The molecule has 3 aromatic carbocycles. The van der Waals surface area contributed by atoms with Crippen molar-refractivity contribution >= 4 is 41.4 Å². The van der Waals surface area contributed by atoms with Crippen molar-refractivity contribution in [2.45, 2.75) is 19.4 Å². The fourth-order valence-electron chi connectivity index (χ4n) is 4.89. The first-order valence-corrected chi connectivity index (χ1v) is 12.7. The number of ether oxygens (including phenoxy) is 1. The fraction of sp³-hybridized carbons (Fsp3) is 0.129. The third kappa shape index (κ3) is 5.21. The zero-order valence-electron chi connectivity index (χ0n) is 21.8. The number of carbonyl (C=O) groups excluding carboxylic acids is 1. The predicted octanol–water partition coefficient (Wildman–Crippen LogP) is 6.36. The Kier molecular flexibility index (Phi) is 7.68. The maximum absolute atomic E-state index is 13.8. The molecule has 7 nitrogen and oxygen atoms in total. The predicted molar refractivity (Wildman–Crippen MR) is 160 cm³/mol. The average molecular weight is 554 g/mol. The van der Waals surface area contributed by atoms with Gasteiger partial charge in [0.2, 0.25) is 0 Å². The fourth-order valence-corrected chi connectivity index (χ4v) is 4.89. The molecule has 0 aliphatic heterocycles. The number of benzene rings is 3. The van der Waals surface area contributed by atoms with Gasteiger partial charge in [0.15, 0.2) is 0 Å². The third-order valence-electron chi connectivity index (χ3n) is 6.87. The summed E-state index contributed by atoms with van der Waals surface area (Å²) in [6.45, 7) is 1.80. The maximum atomic E-state index is 13.8. The van der Waals surface area contributed by atoms with Crippen molar-refractivity contribution in [3.05, 3.63) is 108 Å². The minimum atomic E-state index is -0.587. The van der Waals surface area contributed by atoms with E-state index in [1.54, 1.807) is 31.5 Å². The first kappa shape index (κ1) is 27.1. The molecule has 202 valence electrons. The van der Waals surface area contributed by atoms with Crippen molar-refractivity contribution < 1.29 is 13.9 Å². The molecule has 0 radical (unpaired) electrons. The number of aromatic amines is 1. The summed E-state index contributed by atoms with van der Waals surface area (Å²) in [5, 5.41) is 6.15. The number of nitrogens with zero attached hydrogens (tertiary/aromatic N) is 3. The Morgan fingerprint density at radius 2 is 1.90 bits per heavy atom. The van der Waals surface area contributed by atoms with Crippen molar-refractivity contribution in [3.63, 3.8) is 0 Å². The van der Waals surface area contributed by atoms with Gasteiger partial charge in [0.25, 0.3) is 0 Å². The number of halogens is 1. The van der Waals surface area contributed by atoms with Crippen LogP contribution in [0.15, 0.2) is 91.4 Å². The van der Waals surface area contributed by atoms with E-state index in [0.29, 0.717) is 17.5 Å². The molecule has 40 heavy (non-hydrogen) atoms. The van der Waals surface area contributed by atoms with Crippen LogP contribution in [0.1, 0.15) is 11.1 Å². The van der Waals surface area contributed by atoms with Crippen LogP contribution >= 0.6 is 13.5 Å². The molecule has 0 saturated carbocycles. The van der Waals surface area contributed by atoms with Gasteiger partial charge in [-0.05, 0) is 72.5 Å². The summed E-state index contributed by atoms with van der Waals surface area (Å²) in [5.41, 5.74) is 13.0. The van der Waals surface area contributed by atoms with E-state index in [-0.39, 0.29) is 32.0 Å². The molecule has 0 saturated heterocycles. The van der Waals surface area contributed by atoms with Crippen LogP contribution in [0.4, 0.5) is 9.18 Å². The zero-order valence-corrected chi connectivity index (χ0v) is 22.8. The van der Waals surface area contributed by atoms with Gasteiger partial charge in [-0.3, -0.25) is 4.98 Å². The summed E-state index contributed by atoms with van der Waals surface area (Å²) in [6, 6.07) is 22.1. The quantitative estimate of drug-likeness (QED) is 0.250. The van der Waals surface area contributed by atoms with Crippen molar-refractivity contribution in [2.24, 2.45) is 5.73 Å². The van der Waals surface area contributed by atoms with Crippen molar-refractivity contribution in [2.75, 3.05) is 6.61 Å². The monoisotopic (exact) mass is 553 g/mol. The van der Waals surface area contributed by atoms with Crippen LogP contribution in [-0.2, 0) is 11.2 Å². The van der Waals surface area contributed by atoms with E-state index >= 15 is 0 Å². The van der Waals surface area contributed by atoms with Crippen LogP contribution in [0.5, 0.6) is 0 Å². The number of nitrogens with two attached hydrogens (primary N) is 1. The van der Waals surface area contributed by atoms with E-state index < -0.39 is 6.09 Å². The van der Waals surface area contributed by atoms with E-state index in [0.717, 1.165) is 44.2 Å². The number of para-hydroxylation sites is 1. The lowest BCUT2D eigenvalue weighted by molar-refractivity contribution is 0.138. The molecule has 0 amide bonds. The Labute approximate surface area is 237 Å². The molecule has 3 aromatic heterocycles. The summed E-state index contributed by atoms with van der Waals surface area (Å²) in [4.78, 5) is 20.7. The van der Waals surface area contributed by atoms with Crippen LogP contribution in [0.3, 0.4) is 0 Å². The second-order valence-electron chi connectivity index (χ2n) is 9.59. The van der Waals surface area contributed by atoms with Gasteiger partial charge in [-0.2, -0.15) is 23.3 Å². The standard InChI is InChI=1S/C31H26FN5O2.H2S/c1-19-13-21(8-10-27(19)32)30-26(6-4-12-34-30)20-9-11-29-23(14-20)17-36-37(29)31(38)39-18-24(33)15-22-16-35-28-7-3-2-5-25(22)28;/h2-14,16-17,24,35H,15,18,33H2,1H3;1H2/t24-;/m0./s1. The molecular weight excluding hydrogens is 525 g/mol. The molecule has 0 spiro atoms. The Morgan fingerprint density at radius 3 is 2.75 bits per heavy atom. The molecule has 1 atom stereocenters. The van der Waals surface area contributed by atoms with Gasteiger partial charge < -0.3 is 15.5 Å². The molecular formula is C31H28FN5O2S. The molecule has 6 aromatic rings. The lowest BCUT2D eigenvalue weighted by atomic mass is 9.97. The number of aryl methyl sites for hydroxylation is 1.